The molecule has 0 aromatic carbocycles. The molecule has 0 bridgehead atoms. The van der Waals surface area contributed by atoms with Crippen LogP contribution in [0.15, 0.2) is 0 Å². The van der Waals surface area contributed by atoms with Crippen molar-refractivity contribution in [1.82, 2.24) is 10.2 Å². The van der Waals surface area contributed by atoms with Crippen LogP contribution in [-0.4, -0.2) is 54.3 Å². The molecule has 0 spiro atoms. The average molecular weight is 347 g/mol. The van der Waals surface area contributed by atoms with E-state index < -0.39 is 5.97 Å². The fraction of sp³-hybridized carbons (Fsp3) is 0.882. The van der Waals surface area contributed by atoms with Crippen LogP contribution in [0.5, 0.6) is 0 Å². The lowest BCUT2D eigenvalue weighted by Gasteiger charge is -2.21. The van der Waals surface area contributed by atoms with Crippen LogP contribution >= 0.6 is 12.6 Å². The normalized spacial score (nSPS) is 12.3. The number of carbonyl (C=O) groups excluding carboxylic acids is 1. The SMILES string of the molecule is CN(C)C(CS)C(=O)NCCCCCCCCCCCC(=O)O. The summed E-state index contributed by atoms with van der Waals surface area (Å²) in [6.07, 6.45) is 10.3. The van der Waals surface area contributed by atoms with Gasteiger partial charge in [-0.05, 0) is 26.9 Å². The molecule has 0 aliphatic rings. The Kier molecular flexibility index (Phi) is 14.3. The van der Waals surface area contributed by atoms with Gasteiger partial charge in [0.15, 0.2) is 0 Å². The fourth-order valence-electron chi connectivity index (χ4n) is 2.45. The van der Waals surface area contributed by atoms with Crippen LogP contribution in [0.2, 0.25) is 0 Å². The number of nitrogens with one attached hydrogen (secondary N) is 1. The minimum atomic E-state index is -0.691. The Hall–Kier alpha value is -0.750. The van der Waals surface area contributed by atoms with Crippen molar-refractivity contribution in [2.45, 2.75) is 70.3 Å². The minimum absolute atomic E-state index is 0.0614. The molecule has 0 aliphatic carbocycles. The first-order valence-corrected chi connectivity index (χ1v) is 9.39. The molecule has 0 saturated carbocycles. The van der Waals surface area contributed by atoms with Crippen molar-refractivity contribution in [1.29, 1.82) is 0 Å². The Labute approximate surface area is 146 Å². The number of rotatable bonds is 15. The minimum Gasteiger partial charge on any atom is -0.481 e. The van der Waals surface area contributed by atoms with Gasteiger partial charge in [-0.1, -0.05) is 44.9 Å². The van der Waals surface area contributed by atoms with Gasteiger partial charge in [0.1, 0.15) is 0 Å². The maximum absolute atomic E-state index is 11.9. The maximum Gasteiger partial charge on any atom is 0.303 e. The van der Waals surface area contributed by atoms with E-state index in [1.54, 1.807) is 0 Å². The highest BCUT2D eigenvalue weighted by Gasteiger charge is 2.17. The topological polar surface area (TPSA) is 69.6 Å². The van der Waals surface area contributed by atoms with E-state index in [0.29, 0.717) is 12.2 Å². The first-order valence-electron chi connectivity index (χ1n) is 8.75. The first kappa shape index (κ1) is 22.2. The number of unbranched alkanes of at least 4 members (excludes halogenated alkanes) is 8. The van der Waals surface area contributed by atoms with Crippen molar-refractivity contribution in [2.24, 2.45) is 0 Å². The summed E-state index contributed by atoms with van der Waals surface area (Å²) in [7, 11) is 3.78. The fourth-order valence-corrected chi connectivity index (χ4v) is 2.94. The van der Waals surface area contributed by atoms with Crippen LogP contribution in [-0.2, 0) is 9.59 Å². The van der Waals surface area contributed by atoms with Gasteiger partial charge >= 0.3 is 5.97 Å². The van der Waals surface area contributed by atoms with Crippen LogP contribution < -0.4 is 5.32 Å². The number of carboxylic acid groups (broad SMARTS) is 1. The van der Waals surface area contributed by atoms with Gasteiger partial charge in [-0.25, -0.2) is 0 Å². The Morgan fingerprint density at radius 1 is 0.957 bits per heavy atom. The zero-order valence-corrected chi connectivity index (χ0v) is 15.6. The molecule has 2 N–H and O–H groups in total. The monoisotopic (exact) mass is 346 g/mol. The summed E-state index contributed by atoms with van der Waals surface area (Å²) in [5.41, 5.74) is 0. The first-order chi connectivity index (χ1) is 11.0. The number of aliphatic carboxylic acids is 1. The molecular weight excluding hydrogens is 312 g/mol. The lowest BCUT2D eigenvalue weighted by atomic mass is 10.1. The maximum atomic E-state index is 11.9. The van der Waals surface area contributed by atoms with Crippen molar-refractivity contribution in [3.63, 3.8) is 0 Å². The van der Waals surface area contributed by atoms with E-state index in [4.69, 9.17) is 5.11 Å². The van der Waals surface area contributed by atoms with E-state index in [2.05, 4.69) is 17.9 Å². The molecule has 0 aliphatic heterocycles. The summed E-state index contributed by atoms with van der Waals surface area (Å²) in [5, 5.41) is 11.5. The molecule has 0 rings (SSSR count). The number of carbonyl (C=O) groups is 2. The molecule has 5 nitrogen and oxygen atoms in total. The molecule has 0 radical (unpaired) electrons. The van der Waals surface area contributed by atoms with Crippen molar-refractivity contribution < 1.29 is 14.7 Å². The van der Waals surface area contributed by atoms with Gasteiger partial charge < -0.3 is 10.4 Å². The highest BCUT2D eigenvalue weighted by Crippen LogP contribution is 2.10. The standard InChI is InChI=1S/C17H34N2O3S/c1-19(2)15(14-23)17(22)18-13-11-9-7-5-3-4-6-8-10-12-16(20)21/h15,23H,3-14H2,1-2H3,(H,18,22)(H,20,21). The highest BCUT2D eigenvalue weighted by molar-refractivity contribution is 7.80. The summed E-state index contributed by atoms with van der Waals surface area (Å²) in [6.45, 7) is 0.742. The van der Waals surface area contributed by atoms with E-state index in [1.165, 1.54) is 25.7 Å². The zero-order chi connectivity index (χ0) is 17.5. The average Bonchev–Trinajstić information content (AvgIpc) is 2.48. The van der Waals surface area contributed by atoms with E-state index in [9.17, 15) is 9.59 Å². The van der Waals surface area contributed by atoms with Crippen molar-refractivity contribution in [2.75, 3.05) is 26.4 Å². The molecule has 0 aromatic heterocycles. The number of hydrogen-bond acceptors (Lipinski definition) is 4. The molecule has 136 valence electrons. The third-order valence-electron chi connectivity index (χ3n) is 3.97. The van der Waals surface area contributed by atoms with Gasteiger partial charge in [0.2, 0.25) is 5.91 Å². The summed E-state index contributed by atoms with van der Waals surface area (Å²) in [5.74, 6) is -0.0969. The molecular formula is C17H34N2O3S. The highest BCUT2D eigenvalue weighted by atomic mass is 32.1. The van der Waals surface area contributed by atoms with Gasteiger partial charge in [-0.15, -0.1) is 0 Å². The second-order valence-electron chi connectivity index (χ2n) is 6.28. The molecule has 0 heterocycles. The summed E-state index contributed by atoms with van der Waals surface area (Å²) in [6, 6.07) is -0.153. The van der Waals surface area contributed by atoms with Gasteiger partial charge in [0.05, 0.1) is 6.04 Å². The summed E-state index contributed by atoms with van der Waals surface area (Å²) >= 11 is 4.20. The molecule has 23 heavy (non-hydrogen) atoms. The zero-order valence-electron chi connectivity index (χ0n) is 14.7. The molecule has 0 saturated heterocycles. The molecule has 0 fully saturated rings. The third-order valence-corrected chi connectivity index (χ3v) is 4.31. The van der Waals surface area contributed by atoms with Gasteiger partial charge in [-0.3, -0.25) is 14.5 Å². The van der Waals surface area contributed by atoms with Gasteiger partial charge in [0.25, 0.3) is 0 Å². The predicted octanol–water partition coefficient (Wildman–Crippen LogP) is 2.95. The second kappa shape index (κ2) is 14.8. The number of hydrogen-bond donors (Lipinski definition) is 3. The smallest absolute Gasteiger partial charge is 0.303 e. The number of carboxylic acids is 1. The van der Waals surface area contributed by atoms with Crippen LogP contribution in [0.3, 0.4) is 0 Å². The van der Waals surface area contributed by atoms with Crippen molar-refractivity contribution in [3.05, 3.63) is 0 Å². The van der Waals surface area contributed by atoms with Crippen molar-refractivity contribution in [3.8, 4) is 0 Å². The Morgan fingerprint density at radius 3 is 1.87 bits per heavy atom. The Bertz CT molecular complexity index is 325. The van der Waals surface area contributed by atoms with Crippen LogP contribution in [0.25, 0.3) is 0 Å². The van der Waals surface area contributed by atoms with Gasteiger partial charge in [0, 0.05) is 18.7 Å². The Morgan fingerprint density at radius 2 is 1.43 bits per heavy atom. The lowest BCUT2D eigenvalue weighted by Crippen LogP contribution is -2.45. The van der Waals surface area contributed by atoms with E-state index >= 15 is 0 Å². The van der Waals surface area contributed by atoms with E-state index in [-0.39, 0.29) is 11.9 Å². The quantitative estimate of drug-likeness (QED) is 0.315. The molecule has 0 aromatic rings. The number of amides is 1. The van der Waals surface area contributed by atoms with Crippen LogP contribution in [0.4, 0.5) is 0 Å². The number of nitrogens with zero attached hydrogens (tertiary/aromatic N) is 1. The molecule has 1 amide bonds. The largest absolute Gasteiger partial charge is 0.481 e. The predicted molar refractivity (Wildman–Crippen MR) is 98.1 cm³/mol. The molecule has 6 heteroatoms. The Balaban J connectivity index is 3.33. The van der Waals surface area contributed by atoms with Gasteiger partial charge in [-0.2, -0.15) is 12.6 Å². The van der Waals surface area contributed by atoms with Crippen molar-refractivity contribution >= 4 is 24.5 Å². The summed E-state index contributed by atoms with van der Waals surface area (Å²) < 4.78 is 0. The molecule has 1 unspecified atom stereocenters. The van der Waals surface area contributed by atoms with Crippen LogP contribution in [0, 0.1) is 0 Å². The molecule has 1 atom stereocenters. The second-order valence-corrected chi connectivity index (χ2v) is 6.64. The number of likely N-dealkylation sites (N-methyl/N-ethyl adjacent to an activating group) is 1. The summed E-state index contributed by atoms with van der Waals surface area (Å²) in [4.78, 5) is 24.1. The number of thiol groups is 1. The van der Waals surface area contributed by atoms with E-state index in [0.717, 1.165) is 38.6 Å². The van der Waals surface area contributed by atoms with E-state index in [1.807, 2.05) is 19.0 Å². The lowest BCUT2D eigenvalue weighted by molar-refractivity contribution is -0.137. The van der Waals surface area contributed by atoms with Crippen LogP contribution in [0.1, 0.15) is 64.2 Å². The third kappa shape index (κ3) is 13.4.